The Morgan fingerprint density at radius 1 is 1.56 bits per heavy atom. The van der Waals surface area contributed by atoms with Crippen molar-refractivity contribution in [1.82, 2.24) is 0 Å². The van der Waals surface area contributed by atoms with Crippen LogP contribution in [0.5, 0.6) is 0 Å². The first-order valence-corrected chi connectivity index (χ1v) is 6.90. The molecule has 1 aliphatic heterocycles. The van der Waals surface area contributed by atoms with E-state index in [1.807, 2.05) is 19.1 Å². The highest BCUT2D eigenvalue weighted by atomic mass is 35.5. The van der Waals surface area contributed by atoms with Crippen molar-refractivity contribution < 1.29 is 5.11 Å². The van der Waals surface area contributed by atoms with Crippen LogP contribution in [0.3, 0.4) is 0 Å². The topological polar surface area (TPSA) is 49.5 Å². The third-order valence-electron chi connectivity index (χ3n) is 3.66. The van der Waals surface area contributed by atoms with Gasteiger partial charge in [0.2, 0.25) is 0 Å². The zero-order valence-corrected chi connectivity index (χ0v) is 11.5. The number of anilines is 1. The van der Waals surface area contributed by atoms with Gasteiger partial charge >= 0.3 is 0 Å². The average molecular weight is 269 g/mol. The summed E-state index contributed by atoms with van der Waals surface area (Å²) in [5, 5.41) is 9.75. The summed E-state index contributed by atoms with van der Waals surface area (Å²) in [6.07, 6.45) is 2.01. The van der Waals surface area contributed by atoms with Crippen LogP contribution in [0.25, 0.3) is 0 Å². The number of aliphatic hydroxyl groups is 1. The van der Waals surface area contributed by atoms with Gasteiger partial charge in [-0.3, -0.25) is 0 Å². The Balaban J connectivity index is 2.10. The Morgan fingerprint density at radius 2 is 2.33 bits per heavy atom. The van der Waals surface area contributed by atoms with E-state index in [0.29, 0.717) is 5.92 Å². The lowest BCUT2D eigenvalue weighted by Gasteiger charge is -2.21. The fourth-order valence-electron chi connectivity index (χ4n) is 2.53. The van der Waals surface area contributed by atoms with Crippen LogP contribution in [0.1, 0.15) is 31.4 Å². The lowest BCUT2D eigenvalue weighted by atomic mass is 10.1. The normalized spacial score (nSPS) is 21.3. The monoisotopic (exact) mass is 268 g/mol. The Kier molecular flexibility index (Phi) is 4.49. The van der Waals surface area contributed by atoms with Crippen LogP contribution in [0.15, 0.2) is 18.2 Å². The summed E-state index contributed by atoms with van der Waals surface area (Å²) in [5.41, 5.74) is 8.00. The highest BCUT2D eigenvalue weighted by Gasteiger charge is 2.23. The molecule has 100 valence electrons. The maximum atomic E-state index is 8.98. The fourth-order valence-corrected chi connectivity index (χ4v) is 2.84. The Morgan fingerprint density at radius 3 is 2.94 bits per heavy atom. The Bertz CT molecular complexity index is 409. The number of benzene rings is 1. The fraction of sp³-hybridized carbons (Fsp3) is 0.571. The van der Waals surface area contributed by atoms with Gasteiger partial charge in [0.25, 0.3) is 0 Å². The lowest BCUT2D eigenvalue weighted by Crippen LogP contribution is -2.20. The molecule has 18 heavy (non-hydrogen) atoms. The van der Waals surface area contributed by atoms with Gasteiger partial charge in [-0.2, -0.15) is 0 Å². The number of halogens is 1. The van der Waals surface area contributed by atoms with E-state index in [9.17, 15) is 0 Å². The molecule has 1 fully saturated rings. The molecule has 0 aliphatic carbocycles. The molecule has 3 N–H and O–H groups in total. The largest absolute Gasteiger partial charge is 0.396 e. The van der Waals surface area contributed by atoms with E-state index in [1.54, 1.807) is 0 Å². The minimum atomic E-state index is 0.0114. The molecule has 2 unspecified atom stereocenters. The standard InChI is InChI=1S/C14H21ClN2O/c1-10(16)12-2-3-14(13(15)8-12)17-6-4-11(9-17)5-7-18/h2-3,8,10-11,18H,4-7,9,16H2,1H3. The van der Waals surface area contributed by atoms with Crippen molar-refractivity contribution >= 4 is 17.3 Å². The van der Waals surface area contributed by atoms with E-state index in [0.717, 1.165) is 42.2 Å². The second kappa shape index (κ2) is 5.91. The number of nitrogens with zero attached hydrogens (tertiary/aromatic N) is 1. The second-order valence-electron chi connectivity index (χ2n) is 5.11. The number of hydrogen-bond donors (Lipinski definition) is 2. The zero-order chi connectivity index (χ0) is 13.1. The van der Waals surface area contributed by atoms with Crippen molar-refractivity contribution in [2.24, 2.45) is 11.7 Å². The first kappa shape index (κ1) is 13.7. The van der Waals surface area contributed by atoms with Gasteiger partial charge in [0.1, 0.15) is 0 Å². The molecule has 4 heteroatoms. The van der Waals surface area contributed by atoms with Gasteiger partial charge in [-0.1, -0.05) is 17.7 Å². The summed E-state index contributed by atoms with van der Waals surface area (Å²) < 4.78 is 0. The maximum absolute atomic E-state index is 8.98. The molecule has 3 nitrogen and oxygen atoms in total. The van der Waals surface area contributed by atoms with Crippen molar-refractivity contribution in [3.05, 3.63) is 28.8 Å². The predicted octanol–water partition coefficient (Wildman–Crippen LogP) is 2.57. The molecule has 2 rings (SSSR count). The van der Waals surface area contributed by atoms with Crippen molar-refractivity contribution in [3.63, 3.8) is 0 Å². The summed E-state index contributed by atoms with van der Waals surface area (Å²) in [7, 11) is 0. The van der Waals surface area contributed by atoms with E-state index in [2.05, 4.69) is 11.0 Å². The quantitative estimate of drug-likeness (QED) is 0.882. The molecule has 2 atom stereocenters. The van der Waals surface area contributed by atoms with Gasteiger partial charge in [-0.15, -0.1) is 0 Å². The van der Waals surface area contributed by atoms with Crippen LogP contribution in [-0.2, 0) is 0 Å². The van der Waals surface area contributed by atoms with E-state index >= 15 is 0 Å². The van der Waals surface area contributed by atoms with Crippen LogP contribution >= 0.6 is 11.6 Å². The Hall–Kier alpha value is -0.770. The molecule has 0 bridgehead atoms. The highest BCUT2D eigenvalue weighted by Crippen LogP contribution is 2.32. The van der Waals surface area contributed by atoms with Gasteiger partial charge in [-0.05, 0) is 43.4 Å². The molecule has 0 radical (unpaired) electrons. The zero-order valence-electron chi connectivity index (χ0n) is 10.8. The number of hydrogen-bond acceptors (Lipinski definition) is 3. The van der Waals surface area contributed by atoms with Crippen LogP contribution in [0.2, 0.25) is 5.02 Å². The van der Waals surface area contributed by atoms with Crippen molar-refractivity contribution in [1.29, 1.82) is 0 Å². The molecular weight excluding hydrogens is 248 g/mol. The molecular formula is C14H21ClN2O. The third-order valence-corrected chi connectivity index (χ3v) is 3.96. The molecule has 1 aromatic carbocycles. The summed E-state index contributed by atoms with van der Waals surface area (Å²) >= 11 is 6.33. The van der Waals surface area contributed by atoms with Crippen LogP contribution in [0, 0.1) is 5.92 Å². The summed E-state index contributed by atoms with van der Waals surface area (Å²) in [4.78, 5) is 2.30. The SMILES string of the molecule is CC(N)c1ccc(N2CCC(CCO)C2)c(Cl)c1. The molecule has 0 spiro atoms. The van der Waals surface area contributed by atoms with E-state index in [1.165, 1.54) is 0 Å². The molecule has 0 aromatic heterocycles. The van der Waals surface area contributed by atoms with Gasteiger partial charge in [0, 0.05) is 25.7 Å². The minimum Gasteiger partial charge on any atom is -0.396 e. The molecule has 1 saturated heterocycles. The second-order valence-corrected chi connectivity index (χ2v) is 5.52. The van der Waals surface area contributed by atoms with Crippen LogP contribution < -0.4 is 10.6 Å². The number of aliphatic hydroxyl groups excluding tert-OH is 1. The number of nitrogens with two attached hydrogens (primary N) is 1. The molecule has 1 heterocycles. The highest BCUT2D eigenvalue weighted by molar-refractivity contribution is 6.33. The summed E-state index contributed by atoms with van der Waals surface area (Å²) in [5.74, 6) is 0.583. The Labute approximate surface area is 114 Å². The smallest absolute Gasteiger partial charge is 0.0642 e. The summed E-state index contributed by atoms with van der Waals surface area (Å²) in [6.45, 7) is 4.23. The van der Waals surface area contributed by atoms with Crippen LogP contribution in [-0.4, -0.2) is 24.8 Å². The van der Waals surface area contributed by atoms with Crippen molar-refractivity contribution in [3.8, 4) is 0 Å². The molecule has 0 saturated carbocycles. The first-order valence-electron chi connectivity index (χ1n) is 6.52. The van der Waals surface area contributed by atoms with Gasteiger partial charge in [0.15, 0.2) is 0 Å². The van der Waals surface area contributed by atoms with E-state index < -0.39 is 0 Å². The maximum Gasteiger partial charge on any atom is 0.0642 e. The third kappa shape index (κ3) is 2.97. The first-order chi connectivity index (χ1) is 8.61. The number of rotatable bonds is 4. The van der Waals surface area contributed by atoms with Crippen molar-refractivity contribution in [2.45, 2.75) is 25.8 Å². The summed E-state index contributed by atoms with van der Waals surface area (Å²) in [6, 6.07) is 6.08. The van der Waals surface area contributed by atoms with E-state index in [4.69, 9.17) is 22.4 Å². The van der Waals surface area contributed by atoms with Crippen molar-refractivity contribution in [2.75, 3.05) is 24.6 Å². The minimum absolute atomic E-state index is 0.0114. The molecule has 1 aliphatic rings. The van der Waals surface area contributed by atoms with E-state index in [-0.39, 0.29) is 12.6 Å². The van der Waals surface area contributed by atoms with Gasteiger partial charge in [-0.25, -0.2) is 0 Å². The lowest BCUT2D eigenvalue weighted by molar-refractivity contribution is 0.263. The van der Waals surface area contributed by atoms with Gasteiger partial charge in [0.05, 0.1) is 10.7 Å². The van der Waals surface area contributed by atoms with Crippen LogP contribution in [0.4, 0.5) is 5.69 Å². The average Bonchev–Trinajstić information content (AvgIpc) is 2.77. The molecule has 0 amide bonds. The molecule has 1 aromatic rings. The van der Waals surface area contributed by atoms with Gasteiger partial charge < -0.3 is 15.7 Å². The predicted molar refractivity (Wildman–Crippen MR) is 76.1 cm³/mol.